The summed E-state index contributed by atoms with van der Waals surface area (Å²) in [7, 11) is 4.16. The number of anilines is 1. The highest BCUT2D eigenvalue weighted by Crippen LogP contribution is 2.30. The maximum atomic E-state index is 13.3. The van der Waals surface area contributed by atoms with Gasteiger partial charge >= 0.3 is 0 Å². The number of likely N-dealkylation sites (N-methyl/N-ethyl adjacent to an activating group) is 1. The molecule has 1 aliphatic heterocycles. The molecule has 1 aliphatic rings. The molecule has 2 unspecified atom stereocenters. The molecule has 0 aliphatic carbocycles. The molecule has 0 saturated carbocycles. The SMILES string of the molecule is CC(O)c1cc(F)ccc1N1CCC(N(C)C)C1. The van der Waals surface area contributed by atoms with Gasteiger partial charge in [-0.1, -0.05) is 0 Å². The van der Waals surface area contributed by atoms with Gasteiger partial charge in [0.25, 0.3) is 0 Å². The third kappa shape index (κ3) is 2.65. The second kappa shape index (κ2) is 5.24. The van der Waals surface area contributed by atoms with Crippen LogP contribution in [-0.2, 0) is 0 Å². The molecule has 0 amide bonds. The Morgan fingerprint density at radius 2 is 2.17 bits per heavy atom. The zero-order valence-corrected chi connectivity index (χ0v) is 11.2. The van der Waals surface area contributed by atoms with Gasteiger partial charge in [0.15, 0.2) is 0 Å². The quantitative estimate of drug-likeness (QED) is 0.891. The molecule has 3 nitrogen and oxygen atoms in total. The third-order valence-corrected chi connectivity index (χ3v) is 3.67. The Hall–Kier alpha value is -1.13. The van der Waals surface area contributed by atoms with E-state index in [0.717, 1.165) is 25.2 Å². The van der Waals surface area contributed by atoms with Crippen LogP contribution in [0.15, 0.2) is 18.2 Å². The van der Waals surface area contributed by atoms with Gasteiger partial charge in [0.05, 0.1) is 6.10 Å². The van der Waals surface area contributed by atoms with Crippen molar-refractivity contribution in [3.8, 4) is 0 Å². The Morgan fingerprint density at radius 3 is 2.72 bits per heavy atom. The van der Waals surface area contributed by atoms with Crippen molar-refractivity contribution in [1.82, 2.24) is 4.90 Å². The van der Waals surface area contributed by atoms with E-state index >= 15 is 0 Å². The third-order valence-electron chi connectivity index (χ3n) is 3.67. The van der Waals surface area contributed by atoms with Crippen molar-refractivity contribution >= 4 is 5.69 Å². The Balaban J connectivity index is 2.24. The van der Waals surface area contributed by atoms with Gasteiger partial charge in [-0.25, -0.2) is 4.39 Å². The molecule has 0 radical (unpaired) electrons. The molecule has 1 aromatic rings. The van der Waals surface area contributed by atoms with Crippen LogP contribution in [0.4, 0.5) is 10.1 Å². The molecule has 0 aromatic heterocycles. The van der Waals surface area contributed by atoms with Crippen molar-refractivity contribution in [3.63, 3.8) is 0 Å². The van der Waals surface area contributed by atoms with Crippen molar-refractivity contribution in [1.29, 1.82) is 0 Å². The molecule has 0 spiro atoms. The summed E-state index contributed by atoms with van der Waals surface area (Å²) in [5, 5.41) is 9.76. The average molecular weight is 252 g/mol. The molecule has 1 fully saturated rings. The van der Waals surface area contributed by atoms with E-state index in [1.54, 1.807) is 13.0 Å². The molecule has 1 heterocycles. The van der Waals surface area contributed by atoms with Crippen LogP contribution in [0.25, 0.3) is 0 Å². The number of halogens is 1. The van der Waals surface area contributed by atoms with Gasteiger partial charge in [-0.05, 0) is 45.6 Å². The summed E-state index contributed by atoms with van der Waals surface area (Å²) in [6, 6.07) is 5.19. The van der Waals surface area contributed by atoms with E-state index in [0.29, 0.717) is 11.6 Å². The fraction of sp³-hybridized carbons (Fsp3) is 0.571. The molecule has 100 valence electrons. The van der Waals surface area contributed by atoms with Crippen LogP contribution in [0.3, 0.4) is 0 Å². The fourth-order valence-corrected chi connectivity index (χ4v) is 2.53. The lowest BCUT2D eigenvalue weighted by Crippen LogP contribution is -2.31. The molecular formula is C14H21FN2O. The monoisotopic (exact) mass is 252 g/mol. The van der Waals surface area contributed by atoms with Crippen LogP contribution in [0.5, 0.6) is 0 Å². The van der Waals surface area contributed by atoms with E-state index in [-0.39, 0.29) is 5.82 Å². The highest BCUT2D eigenvalue weighted by atomic mass is 19.1. The van der Waals surface area contributed by atoms with Crippen molar-refractivity contribution in [2.45, 2.75) is 25.5 Å². The first kappa shape index (κ1) is 13.3. The highest BCUT2D eigenvalue weighted by Gasteiger charge is 2.26. The normalized spacial score (nSPS) is 21.7. The zero-order valence-electron chi connectivity index (χ0n) is 11.2. The van der Waals surface area contributed by atoms with Crippen LogP contribution in [0, 0.1) is 5.82 Å². The molecule has 2 rings (SSSR count). The second-order valence-corrected chi connectivity index (χ2v) is 5.23. The summed E-state index contributed by atoms with van der Waals surface area (Å²) in [5.74, 6) is -0.294. The van der Waals surface area contributed by atoms with Gasteiger partial charge in [0.1, 0.15) is 5.82 Å². The van der Waals surface area contributed by atoms with Crippen LogP contribution in [0.2, 0.25) is 0 Å². The predicted octanol–water partition coefficient (Wildman–Crippen LogP) is 2.02. The number of hydrogen-bond donors (Lipinski definition) is 1. The number of nitrogens with zero attached hydrogens (tertiary/aromatic N) is 2. The van der Waals surface area contributed by atoms with Gasteiger partial charge in [0, 0.05) is 30.4 Å². The Labute approximate surface area is 108 Å². The maximum Gasteiger partial charge on any atom is 0.123 e. The Bertz CT molecular complexity index is 420. The van der Waals surface area contributed by atoms with E-state index in [1.165, 1.54) is 12.1 Å². The lowest BCUT2D eigenvalue weighted by atomic mass is 10.1. The minimum atomic E-state index is -0.644. The Kier molecular flexibility index (Phi) is 3.88. The highest BCUT2D eigenvalue weighted by molar-refractivity contribution is 5.55. The van der Waals surface area contributed by atoms with Crippen LogP contribution in [-0.4, -0.2) is 43.2 Å². The summed E-state index contributed by atoms with van der Waals surface area (Å²) in [6.07, 6.45) is 0.456. The number of rotatable bonds is 3. The topological polar surface area (TPSA) is 26.7 Å². The number of benzene rings is 1. The summed E-state index contributed by atoms with van der Waals surface area (Å²) in [5.41, 5.74) is 1.63. The molecule has 0 bridgehead atoms. The van der Waals surface area contributed by atoms with E-state index in [4.69, 9.17) is 0 Å². The van der Waals surface area contributed by atoms with Crippen molar-refractivity contribution in [2.24, 2.45) is 0 Å². The molecule has 1 aromatic carbocycles. The number of aliphatic hydroxyl groups excluding tert-OH is 1. The van der Waals surface area contributed by atoms with Gasteiger partial charge < -0.3 is 14.9 Å². The van der Waals surface area contributed by atoms with Crippen molar-refractivity contribution in [2.75, 3.05) is 32.1 Å². The molecule has 2 atom stereocenters. The lowest BCUT2D eigenvalue weighted by Gasteiger charge is -2.25. The van der Waals surface area contributed by atoms with Crippen molar-refractivity contribution in [3.05, 3.63) is 29.6 Å². The van der Waals surface area contributed by atoms with E-state index in [2.05, 4.69) is 23.9 Å². The van der Waals surface area contributed by atoms with Gasteiger partial charge in [-0.3, -0.25) is 0 Å². The summed E-state index contributed by atoms with van der Waals surface area (Å²) < 4.78 is 13.3. The standard InChI is InChI=1S/C14H21FN2O/c1-10(18)13-8-11(15)4-5-14(13)17-7-6-12(9-17)16(2)3/h4-5,8,10,12,18H,6-7,9H2,1-3H3. The Morgan fingerprint density at radius 1 is 1.44 bits per heavy atom. The minimum Gasteiger partial charge on any atom is -0.389 e. The molecule has 18 heavy (non-hydrogen) atoms. The van der Waals surface area contributed by atoms with E-state index in [1.807, 2.05) is 0 Å². The number of hydrogen-bond acceptors (Lipinski definition) is 3. The van der Waals surface area contributed by atoms with Gasteiger partial charge in [-0.2, -0.15) is 0 Å². The molecule has 4 heteroatoms. The molecule has 1 saturated heterocycles. The minimum absolute atomic E-state index is 0.294. The fourth-order valence-electron chi connectivity index (χ4n) is 2.53. The van der Waals surface area contributed by atoms with Crippen molar-refractivity contribution < 1.29 is 9.50 Å². The average Bonchev–Trinajstić information content (AvgIpc) is 2.78. The first-order valence-corrected chi connectivity index (χ1v) is 6.38. The predicted molar refractivity (Wildman–Crippen MR) is 71.3 cm³/mol. The first-order valence-electron chi connectivity index (χ1n) is 6.38. The number of aliphatic hydroxyl groups is 1. The van der Waals surface area contributed by atoms with Crippen LogP contribution >= 0.6 is 0 Å². The van der Waals surface area contributed by atoms with Gasteiger partial charge in [-0.15, -0.1) is 0 Å². The van der Waals surface area contributed by atoms with Gasteiger partial charge in [0.2, 0.25) is 0 Å². The summed E-state index contributed by atoms with van der Waals surface area (Å²) in [4.78, 5) is 4.44. The van der Waals surface area contributed by atoms with Crippen LogP contribution in [0.1, 0.15) is 25.0 Å². The largest absolute Gasteiger partial charge is 0.389 e. The zero-order chi connectivity index (χ0) is 13.3. The maximum absolute atomic E-state index is 13.3. The molecular weight excluding hydrogens is 231 g/mol. The second-order valence-electron chi connectivity index (χ2n) is 5.23. The first-order chi connectivity index (χ1) is 8.49. The van der Waals surface area contributed by atoms with E-state index < -0.39 is 6.10 Å². The van der Waals surface area contributed by atoms with E-state index in [9.17, 15) is 9.50 Å². The smallest absolute Gasteiger partial charge is 0.123 e. The summed E-state index contributed by atoms with van der Waals surface area (Å²) >= 11 is 0. The summed E-state index contributed by atoms with van der Waals surface area (Å²) in [6.45, 7) is 3.56. The molecule has 1 N–H and O–H groups in total. The lowest BCUT2D eigenvalue weighted by molar-refractivity contribution is 0.199. The van der Waals surface area contributed by atoms with Crippen LogP contribution < -0.4 is 4.90 Å².